The Hall–Kier alpha value is -3.07. The number of benzene rings is 3. The van der Waals surface area contributed by atoms with Gasteiger partial charge in [0, 0.05) is 17.1 Å². The third kappa shape index (κ3) is 4.07. The second-order valence-corrected chi connectivity index (χ2v) is 6.35. The summed E-state index contributed by atoms with van der Waals surface area (Å²) in [7, 11) is 0. The Morgan fingerprint density at radius 2 is 1.00 bits per heavy atom. The molecule has 3 rings (SSSR count). The molecule has 2 N–H and O–H groups in total. The van der Waals surface area contributed by atoms with Crippen molar-refractivity contribution in [3.05, 3.63) is 89.5 Å². The second-order valence-electron chi connectivity index (χ2n) is 6.35. The Labute approximate surface area is 149 Å². The Balaban J connectivity index is 1.94. The molecule has 0 aromatic heterocycles. The third-order valence-corrected chi connectivity index (χ3v) is 4.12. The highest BCUT2D eigenvalue weighted by Gasteiger charge is 2.15. The first-order chi connectivity index (χ1) is 12.0. The topological polar surface area (TPSA) is 39.1 Å². The van der Waals surface area contributed by atoms with Crippen LogP contribution in [0.15, 0.2) is 72.8 Å². The number of aryl methyl sites for hydroxylation is 3. The summed E-state index contributed by atoms with van der Waals surface area (Å²) in [6, 6.07) is 24.5. The van der Waals surface area contributed by atoms with E-state index < -0.39 is 0 Å². The Bertz CT molecular complexity index is 802. The van der Waals surface area contributed by atoms with Gasteiger partial charge in [0.2, 0.25) is 5.96 Å². The highest BCUT2D eigenvalue weighted by atomic mass is 15.3. The summed E-state index contributed by atoms with van der Waals surface area (Å²) in [6.07, 6.45) is 0. The summed E-state index contributed by atoms with van der Waals surface area (Å²) in [5.74, 6) is 0.316. The molecule has 0 heterocycles. The third-order valence-electron chi connectivity index (χ3n) is 4.12. The first-order valence-electron chi connectivity index (χ1n) is 8.38. The van der Waals surface area contributed by atoms with Crippen LogP contribution in [-0.4, -0.2) is 5.96 Å². The Morgan fingerprint density at radius 3 is 1.40 bits per heavy atom. The van der Waals surface area contributed by atoms with Gasteiger partial charge >= 0.3 is 0 Å². The zero-order valence-electron chi connectivity index (χ0n) is 14.9. The minimum Gasteiger partial charge on any atom is -0.326 e. The van der Waals surface area contributed by atoms with Crippen LogP contribution in [0.1, 0.15) is 16.7 Å². The van der Waals surface area contributed by atoms with Gasteiger partial charge in [-0.3, -0.25) is 10.3 Å². The lowest BCUT2D eigenvalue weighted by atomic mass is 10.1. The van der Waals surface area contributed by atoms with Gasteiger partial charge in [-0.1, -0.05) is 53.1 Å². The minimum absolute atomic E-state index is 0.316. The summed E-state index contributed by atoms with van der Waals surface area (Å²) < 4.78 is 0. The van der Waals surface area contributed by atoms with Crippen LogP contribution in [-0.2, 0) is 0 Å². The number of hydrogen-bond donors (Lipinski definition) is 2. The molecule has 0 saturated carbocycles. The van der Waals surface area contributed by atoms with Gasteiger partial charge < -0.3 is 5.32 Å². The van der Waals surface area contributed by atoms with Crippen molar-refractivity contribution in [3.63, 3.8) is 0 Å². The van der Waals surface area contributed by atoms with E-state index in [0.29, 0.717) is 5.96 Å². The molecule has 0 spiro atoms. The van der Waals surface area contributed by atoms with Crippen molar-refractivity contribution in [2.24, 2.45) is 0 Å². The maximum atomic E-state index is 8.63. The van der Waals surface area contributed by atoms with Crippen LogP contribution in [0, 0.1) is 26.2 Å². The van der Waals surface area contributed by atoms with E-state index in [2.05, 4.69) is 50.4 Å². The highest BCUT2D eigenvalue weighted by molar-refractivity contribution is 6.08. The zero-order chi connectivity index (χ0) is 17.8. The molecule has 126 valence electrons. The minimum atomic E-state index is 0.316. The lowest BCUT2D eigenvalue weighted by Crippen LogP contribution is -2.31. The quantitative estimate of drug-likeness (QED) is 0.471. The van der Waals surface area contributed by atoms with Crippen molar-refractivity contribution in [1.29, 1.82) is 5.41 Å². The van der Waals surface area contributed by atoms with Crippen LogP contribution in [0.2, 0.25) is 0 Å². The fourth-order valence-electron chi connectivity index (χ4n) is 2.62. The smallest absolute Gasteiger partial charge is 0.204 e. The number of anilines is 3. The summed E-state index contributed by atoms with van der Waals surface area (Å²) in [5, 5.41) is 11.8. The lowest BCUT2D eigenvalue weighted by Gasteiger charge is -2.26. The van der Waals surface area contributed by atoms with E-state index in [1.807, 2.05) is 53.4 Å². The van der Waals surface area contributed by atoms with Gasteiger partial charge in [0.05, 0.1) is 0 Å². The van der Waals surface area contributed by atoms with Crippen LogP contribution in [0.3, 0.4) is 0 Å². The average molecular weight is 329 g/mol. The van der Waals surface area contributed by atoms with Gasteiger partial charge in [0.1, 0.15) is 0 Å². The molecule has 0 aliphatic heterocycles. The van der Waals surface area contributed by atoms with Gasteiger partial charge in [0.25, 0.3) is 0 Å². The van der Waals surface area contributed by atoms with Crippen LogP contribution >= 0.6 is 0 Å². The molecule has 25 heavy (non-hydrogen) atoms. The predicted molar refractivity (Wildman–Crippen MR) is 107 cm³/mol. The normalized spacial score (nSPS) is 10.4. The van der Waals surface area contributed by atoms with E-state index in [-0.39, 0.29) is 0 Å². The monoisotopic (exact) mass is 329 g/mol. The van der Waals surface area contributed by atoms with Crippen molar-refractivity contribution in [2.45, 2.75) is 20.8 Å². The van der Waals surface area contributed by atoms with Gasteiger partial charge in [-0.05, 0) is 57.2 Å². The maximum absolute atomic E-state index is 8.63. The standard InChI is InChI=1S/C22H23N3/c1-16-4-10-19(11-5-16)24-22(23)25(20-12-6-17(2)7-13-20)21-14-8-18(3)9-15-21/h4-15H,1-3H3,(H2,23,24). The van der Waals surface area contributed by atoms with Gasteiger partial charge in [-0.2, -0.15) is 0 Å². The van der Waals surface area contributed by atoms with E-state index >= 15 is 0 Å². The van der Waals surface area contributed by atoms with Gasteiger partial charge in [-0.15, -0.1) is 0 Å². The van der Waals surface area contributed by atoms with Crippen LogP contribution < -0.4 is 10.2 Å². The number of hydrogen-bond acceptors (Lipinski definition) is 1. The van der Waals surface area contributed by atoms with Crippen molar-refractivity contribution in [2.75, 3.05) is 10.2 Å². The van der Waals surface area contributed by atoms with E-state index in [1.165, 1.54) is 16.7 Å². The van der Waals surface area contributed by atoms with Crippen molar-refractivity contribution >= 4 is 23.0 Å². The first-order valence-corrected chi connectivity index (χ1v) is 8.38. The molecule has 3 aromatic rings. The summed E-state index contributed by atoms with van der Waals surface area (Å²) in [6.45, 7) is 6.19. The average Bonchev–Trinajstić information content (AvgIpc) is 2.60. The van der Waals surface area contributed by atoms with Crippen LogP contribution in [0.4, 0.5) is 17.1 Å². The highest BCUT2D eigenvalue weighted by Crippen LogP contribution is 2.27. The second kappa shape index (κ2) is 7.22. The van der Waals surface area contributed by atoms with E-state index in [4.69, 9.17) is 5.41 Å². The molecule has 0 fully saturated rings. The molecular weight excluding hydrogens is 306 g/mol. The Morgan fingerprint density at radius 1 is 0.640 bits per heavy atom. The van der Waals surface area contributed by atoms with E-state index in [9.17, 15) is 0 Å². The summed E-state index contributed by atoms with van der Waals surface area (Å²) in [4.78, 5) is 1.92. The fourth-order valence-corrected chi connectivity index (χ4v) is 2.62. The van der Waals surface area contributed by atoms with Crippen molar-refractivity contribution in [1.82, 2.24) is 0 Å². The van der Waals surface area contributed by atoms with Gasteiger partial charge in [0.15, 0.2) is 0 Å². The SMILES string of the molecule is Cc1ccc(NC(=N)N(c2ccc(C)cc2)c2ccc(C)cc2)cc1. The molecular formula is C22H23N3. The molecule has 0 atom stereocenters. The van der Waals surface area contributed by atoms with Gasteiger partial charge in [-0.25, -0.2) is 0 Å². The molecule has 0 saturated heterocycles. The van der Waals surface area contributed by atoms with E-state index in [1.54, 1.807) is 0 Å². The molecule has 3 aromatic carbocycles. The molecule has 0 unspecified atom stereocenters. The maximum Gasteiger partial charge on any atom is 0.204 e. The largest absolute Gasteiger partial charge is 0.326 e. The predicted octanol–water partition coefficient (Wildman–Crippen LogP) is 5.80. The zero-order valence-corrected chi connectivity index (χ0v) is 14.9. The van der Waals surface area contributed by atoms with Crippen LogP contribution in [0.5, 0.6) is 0 Å². The van der Waals surface area contributed by atoms with E-state index in [0.717, 1.165) is 17.1 Å². The lowest BCUT2D eigenvalue weighted by molar-refractivity contribution is 1.26. The van der Waals surface area contributed by atoms with Crippen molar-refractivity contribution in [3.8, 4) is 0 Å². The Kier molecular flexibility index (Phi) is 4.85. The number of nitrogens with zero attached hydrogens (tertiary/aromatic N) is 1. The summed E-state index contributed by atoms with van der Waals surface area (Å²) >= 11 is 0. The van der Waals surface area contributed by atoms with Crippen molar-refractivity contribution < 1.29 is 0 Å². The van der Waals surface area contributed by atoms with Crippen LogP contribution in [0.25, 0.3) is 0 Å². The molecule has 3 nitrogen and oxygen atoms in total. The fraction of sp³-hybridized carbons (Fsp3) is 0.136. The first kappa shape index (κ1) is 16.8. The molecule has 3 heteroatoms. The number of rotatable bonds is 3. The molecule has 0 aliphatic carbocycles. The number of guanidine groups is 1. The molecule has 0 bridgehead atoms. The molecule has 0 aliphatic rings. The number of nitrogens with one attached hydrogen (secondary N) is 2. The summed E-state index contributed by atoms with van der Waals surface area (Å²) in [5.41, 5.74) is 6.42. The molecule has 0 amide bonds. The molecule has 0 radical (unpaired) electrons.